The monoisotopic (exact) mass is 280 g/mol. The number of fused-ring (bicyclic) bond motifs is 1. The largest absolute Gasteiger partial charge is 0.467 e. The molecule has 0 aliphatic carbocycles. The second kappa shape index (κ2) is 6.10. The van der Waals surface area contributed by atoms with Gasteiger partial charge >= 0.3 is 0 Å². The van der Waals surface area contributed by atoms with Crippen molar-refractivity contribution in [1.29, 1.82) is 0 Å². The van der Waals surface area contributed by atoms with Crippen molar-refractivity contribution in [3.8, 4) is 0 Å². The molecule has 0 spiro atoms. The number of aryl methyl sites for hydroxylation is 1. The van der Waals surface area contributed by atoms with Crippen LogP contribution in [-0.2, 0) is 0 Å². The molecule has 0 radical (unpaired) electrons. The molecule has 0 fully saturated rings. The lowest BCUT2D eigenvalue weighted by Crippen LogP contribution is -2.23. The Hall–Kier alpha value is -2.13. The van der Waals surface area contributed by atoms with Gasteiger partial charge in [0.2, 0.25) is 0 Å². The molecule has 0 saturated heterocycles. The van der Waals surface area contributed by atoms with Crippen molar-refractivity contribution < 1.29 is 4.42 Å². The van der Waals surface area contributed by atoms with E-state index in [1.54, 1.807) is 6.26 Å². The van der Waals surface area contributed by atoms with E-state index in [1.165, 1.54) is 10.9 Å². The molecule has 2 aromatic heterocycles. The molecular formula is C18H20N2O. The van der Waals surface area contributed by atoms with Gasteiger partial charge in [-0.1, -0.05) is 25.1 Å². The highest BCUT2D eigenvalue weighted by molar-refractivity contribution is 5.83. The highest BCUT2D eigenvalue weighted by Crippen LogP contribution is 2.29. The van der Waals surface area contributed by atoms with Crippen LogP contribution < -0.4 is 5.32 Å². The molecule has 3 aromatic rings. The van der Waals surface area contributed by atoms with E-state index in [0.29, 0.717) is 0 Å². The average Bonchev–Trinajstić information content (AvgIpc) is 3.01. The summed E-state index contributed by atoms with van der Waals surface area (Å²) in [5.41, 5.74) is 3.28. The number of nitrogens with one attached hydrogen (secondary N) is 1. The highest BCUT2D eigenvalue weighted by Gasteiger charge is 2.19. The van der Waals surface area contributed by atoms with Crippen molar-refractivity contribution in [1.82, 2.24) is 10.3 Å². The third-order valence-corrected chi connectivity index (χ3v) is 3.61. The summed E-state index contributed by atoms with van der Waals surface area (Å²) in [6.45, 7) is 5.15. The van der Waals surface area contributed by atoms with Gasteiger partial charge in [-0.05, 0) is 49.7 Å². The van der Waals surface area contributed by atoms with Gasteiger partial charge in [-0.3, -0.25) is 4.98 Å². The number of aromatic nitrogens is 1. The Bertz CT molecular complexity index is 719. The maximum absolute atomic E-state index is 5.65. The Morgan fingerprint density at radius 1 is 1.19 bits per heavy atom. The standard InChI is InChI=1S/C18H20N2O/c1-3-10-19-18(17-9-6-11-21-17)15-12-13(2)20-16-8-5-4-7-14(15)16/h4-9,11-12,18-19H,3,10H2,1-2H3. The van der Waals surface area contributed by atoms with Gasteiger partial charge in [0.1, 0.15) is 5.76 Å². The summed E-state index contributed by atoms with van der Waals surface area (Å²) < 4.78 is 5.65. The highest BCUT2D eigenvalue weighted by atomic mass is 16.3. The van der Waals surface area contributed by atoms with E-state index in [1.807, 2.05) is 25.1 Å². The van der Waals surface area contributed by atoms with E-state index in [9.17, 15) is 0 Å². The first-order valence-electron chi connectivity index (χ1n) is 7.42. The van der Waals surface area contributed by atoms with E-state index in [0.717, 1.165) is 29.9 Å². The lowest BCUT2D eigenvalue weighted by molar-refractivity contribution is 0.448. The van der Waals surface area contributed by atoms with Crippen LogP contribution in [0.4, 0.5) is 0 Å². The number of nitrogens with zero attached hydrogens (tertiary/aromatic N) is 1. The van der Waals surface area contributed by atoms with E-state index < -0.39 is 0 Å². The summed E-state index contributed by atoms with van der Waals surface area (Å²) in [5.74, 6) is 0.944. The lowest BCUT2D eigenvalue weighted by atomic mass is 9.99. The zero-order valence-electron chi connectivity index (χ0n) is 12.5. The fourth-order valence-corrected chi connectivity index (χ4v) is 2.69. The molecule has 1 atom stereocenters. The minimum absolute atomic E-state index is 0.0616. The summed E-state index contributed by atoms with van der Waals surface area (Å²) in [6, 6.07) is 14.4. The van der Waals surface area contributed by atoms with E-state index >= 15 is 0 Å². The van der Waals surface area contributed by atoms with Crippen molar-refractivity contribution in [2.45, 2.75) is 26.3 Å². The van der Waals surface area contributed by atoms with Crippen molar-refractivity contribution in [2.24, 2.45) is 0 Å². The van der Waals surface area contributed by atoms with Crippen LogP contribution >= 0.6 is 0 Å². The molecule has 0 amide bonds. The maximum Gasteiger partial charge on any atom is 0.125 e. The van der Waals surface area contributed by atoms with Gasteiger partial charge in [0.15, 0.2) is 0 Å². The topological polar surface area (TPSA) is 38.1 Å². The van der Waals surface area contributed by atoms with Gasteiger partial charge in [0.25, 0.3) is 0 Å². The molecule has 21 heavy (non-hydrogen) atoms. The zero-order valence-corrected chi connectivity index (χ0v) is 12.5. The first kappa shape index (κ1) is 13.8. The Labute approximate surface area is 125 Å². The van der Waals surface area contributed by atoms with Crippen LogP contribution in [-0.4, -0.2) is 11.5 Å². The number of pyridine rings is 1. The number of hydrogen-bond donors (Lipinski definition) is 1. The second-order valence-corrected chi connectivity index (χ2v) is 5.27. The summed E-state index contributed by atoms with van der Waals surface area (Å²) in [6.07, 6.45) is 2.81. The number of para-hydroxylation sites is 1. The molecule has 0 aliphatic rings. The molecule has 3 rings (SSSR count). The Balaban J connectivity index is 2.14. The van der Waals surface area contributed by atoms with E-state index in [4.69, 9.17) is 4.42 Å². The minimum Gasteiger partial charge on any atom is -0.467 e. The zero-order chi connectivity index (χ0) is 14.7. The fraction of sp³-hybridized carbons (Fsp3) is 0.278. The molecule has 0 saturated carbocycles. The smallest absolute Gasteiger partial charge is 0.125 e. The Morgan fingerprint density at radius 3 is 2.81 bits per heavy atom. The first-order valence-corrected chi connectivity index (χ1v) is 7.42. The molecule has 3 heteroatoms. The third-order valence-electron chi connectivity index (χ3n) is 3.61. The predicted octanol–water partition coefficient (Wildman–Crippen LogP) is 4.23. The van der Waals surface area contributed by atoms with E-state index in [-0.39, 0.29) is 6.04 Å². The summed E-state index contributed by atoms with van der Waals surface area (Å²) in [7, 11) is 0. The Kier molecular flexibility index (Phi) is 4.02. The van der Waals surface area contributed by atoms with Crippen LogP contribution in [0, 0.1) is 6.92 Å². The van der Waals surface area contributed by atoms with E-state index in [2.05, 4.69) is 41.5 Å². The number of rotatable bonds is 5. The van der Waals surface area contributed by atoms with Crippen LogP contribution in [0.2, 0.25) is 0 Å². The SMILES string of the molecule is CCCNC(c1ccco1)c1cc(C)nc2ccccc12. The molecule has 2 heterocycles. The van der Waals surface area contributed by atoms with Crippen LogP contribution in [0.1, 0.15) is 36.4 Å². The number of furan rings is 1. The molecule has 0 bridgehead atoms. The molecule has 1 aromatic carbocycles. The van der Waals surface area contributed by atoms with Gasteiger partial charge in [0, 0.05) is 11.1 Å². The second-order valence-electron chi connectivity index (χ2n) is 5.27. The summed E-state index contributed by atoms with van der Waals surface area (Å²) in [5, 5.41) is 4.76. The molecule has 0 aliphatic heterocycles. The van der Waals surface area contributed by atoms with Gasteiger partial charge in [0.05, 0.1) is 17.8 Å². The van der Waals surface area contributed by atoms with Crippen LogP contribution in [0.3, 0.4) is 0 Å². The molecule has 1 N–H and O–H groups in total. The van der Waals surface area contributed by atoms with Gasteiger partial charge < -0.3 is 9.73 Å². The first-order chi connectivity index (χ1) is 10.3. The molecule has 108 valence electrons. The molecule has 3 nitrogen and oxygen atoms in total. The molecular weight excluding hydrogens is 260 g/mol. The van der Waals surface area contributed by atoms with Gasteiger partial charge in [-0.15, -0.1) is 0 Å². The summed E-state index contributed by atoms with van der Waals surface area (Å²) in [4.78, 5) is 4.62. The maximum atomic E-state index is 5.65. The quantitative estimate of drug-likeness (QED) is 0.760. The van der Waals surface area contributed by atoms with Crippen LogP contribution in [0.5, 0.6) is 0 Å². The third kappa shape index (κ3) is 2.83. The minimum atomic E-state index is 0.0616. The summed E-state index contributed by atoms with van der Waals surface area (Å²) >= 11 is 0. The predicted molar refractivity (Wildman–Crippen MR) is 85.3 cm³/mol. The normalized spacial score (nSPS) is 12.7. The van der Waals surface area contributed by atoms with Gasteiger partial charge in [-0.2, -0.15) is 0 Å². The van der Waals surface area contributed by atoms with Gasteiger partial charge in [-0.25, -0.2) is 0 Å². The van der Waals surface area contributed by atoms with Crippen LogP contribution in [0.15, 0.2) is 53.1 Å². The number of hydrogen-bond acceptors (Lipinski definition) is 3. The lowest BCUT2D eigenvalue weighted by Gasteiger charge is -2.19. The molecule has 1 unspecified atom stereocenters. The fourth-order valence-electron chi connectivity index (χ4n) is 2.69. The number of benzene rings is 1. The van der Waals surface area contributed by atoms with Crippen molar-refractivity contribution in [3.63, 3.8) is 0 Å². The Morgan fingerprint density at radius 2 is 2.05 bits per heavy atom. The van der Waals surface area contributed by atoms with Crippen LogP contribution in [0.25, 0.3) is 10.9 Å². The van der Waals surface area contributed by atoms with Crippen molar-refractivity contribution in [3.05, 3.63) is 65.7 Å². The van der Waals surface area contributed by atoms with Crippen molar-refractivity contribution >= 4 is 10.9 Å². The average molecular weight is 280 g/mol. The van der Waals surface area contributed by atoms with Crippen molar-refractivity contribution in [2.75, 3.05) is 6.54 Å².